The van der Waals surface area contributed by atoms with Gasteiger partial charge in [0.05, 0.1) is 5.92 Å². The van der Waals surface area contributed by atoms with Crippen molar-refractivity contribution >= 4 is 5.91 Å². The summed E-state index contributed by atoms with van der Waals surface area (Å²) in [4.78, 5) is 21.4. The van der Waals surface area contributed by atoms with Crippen molar-refractivity contribution in [3.05, 3.63) is 18.2 Å². The summed E-state index contributed by atoms with van der Waals surface area (Å²) in [5, 5.41) is 3.29. The molecule has 0 saturated carbocycles. The lowest BCUT2D eigenvalue weighted by atomic mass is 9.94. The summed E-state index contributed by atoms with van der Waals surface area (Å²) in [6.45, 7) is 5.59. The first-order chi connectivity index (χ1) is 11.1. The van der Waals surface area contributed by atoms with Crippen LogP contribution in [0.1, 0.15) is 31.0 Å². The minimum atomic E-state index is 0.202. The van der Waals surface area contributed by atoms with Crippen LogP contribution in [0.15, 0.2) is 12.4 Å². The van der Waals surface area contributed by atoms with Crippen molar-refractivity contribution in [2.45, 2.75) is 31.7 Å². The summed E-state index contributed by atoms with van der Waals surface area (Å²) in [7, 11) is 4.19. The Morgan fingerprint density at radius 2 is 2.13 bits per heavy atom. The second kappa shape index (κ2) is 7.45. The second-order valence-electron chi connectivity index (χ2n) is 7.07. The van der Waals surface area contributed by atoms with E-state index in [1.807, 2.05) is 6.20 Å². The fourth-order valence-electron chi connectivity index (χ4n) is 3.66. The van der Waals surface area contributed by atoms with Crippen LogP contribution in [0.4, 0.5) is 0 Å². The topological polar surface area (TPSA) is 53.4 Å². The Bertz CT molecular complexity index is 513. The third kappa shape index (κ3) is 3.93. The average Bonchev–Trinajstić information content (AvgIpc) is 3.24. The van der Waals surface area contributed by atoms with Gasteiger partial charge in [-0.1, -0.05) is 0 Å². The molecule has 2 aliphatic heterocycles. The molecule has 0 aliphatic carbocycles. The molecule has 3 rings (SSSR count). The van der Waals surface area contributed by atoms with Crippen molar-refractivity contribution in [1.82, 2.24) is 24.7 Å². The Hall–Kier alpha value is -1.40. The lowest BCUT2D eigenvalue weighted by molar-refractivity contribution is -0.136. The predicted octanol–water partition coefficient (Wildman–Crippen LogP) is 0.760. The van der Waals surface area contributed by atoms with Crippen LogP contribution in [-0.2, 0) is 11.3 Å². The van der Waals surface area contributed by atoms with Crippen LogP contribution >= 0.6 is 0 Å². The Morgan fingerprint density at radius 1 is 1.35 bits per heavy atom. The second-order valence-corrected chi connectivity index (χ2v) is 7.07. The molecule has 0 aromatic carbocycles. The number of amides is 1. The van der Waals surface area contributed by atoms with Gasteiger partial charge in [-0.25, -0.2) is 4.98 Å². The first-order valence-corrected chi connectivity index (χ1v) is 8.80. The van der Waals surface area contributed by atoms with Gasteiger partial charge < -0.3 is 19.7 Å². The lowest BCUT2D eigenvalue weighted by Crippen LogP contribution is -2.42. The van der Waals surface area contributed by atoms with Crippen LogP contribution in [-0.4, -0.2) is 72.1 Å². The van der Waals surface area contributed by atoms with Gasteiger partial charge in [0, 0.05) is 51.0 Å². The highest BCUT2D eigenvalue weighted by molar-refractivity contribution is 5.79. The van der Waals surface area contributed by atoms with Crippen LogP contribution in [0.25, 0.3) is 0 Å². The van der Waals surface area contributed by atoms with Gasteiger partial charge in [-0.05, 0) is 39.9 Å². The Labute approximate surface area is 138 Å². The number of aromatic nitrogens is 2. The van der Waals surface area contributed by atoms with Gasteiger partial charge in [0.25, 0.3) is 0 Å². The van der Waals surface area contributed by atoms with Gasteiger partial charge in [-0.15, -0.1) is 0 Å². The maximum atomic E-state index is 12.5. The summed E-state index contributed by atoms with van der Waals surface area (Å²) >= 11 is 0. The van der Waals surface area contributed by atoms with Gasteiger partial charge in [0.1, 0.15) is 5.82 Å². The maximum Gasteiger partial charge on any atom is 0.227 e. The number of hydrogen-bond donors (Lipinski definition) is 1. The number of carbonyl (C=O) groups excluding carboxylic acids is 1. The van der Waals surface area contributed by atoms with Gasteiger partial charge in [0.15, 0.2) is 0 Å². The monoisotopic (exact) mass is 319 g/mol. The number of hydrogen-bond acceptors (Lipinski definition) is 4. The highest BCUT2D eigenvalue weighted by Gasteiger charge is 2.31. The Balaban J connectivity index is 1.54. The molecule has 1 N–H and O–H groups in total. The fraction of sp³-hybridized carbons (Fsp3) is 0.765. The van der Waals surface area contributed by atoms with Crippen LogP contribution < -0.4 is 5.32 Å². The number of nitrogens with one attached hydrogen (secondary N) is 1. The molecule has 128 valence electrons. The highest BCUT2D eigenvalue weighted by Crippen LogP contribution is 2.28. The van der Waals surface area contributed by atoms with E-state index in [2.05, 4.69) is 45.0 Å². The third-order valence-electron chi connectivity index (χ3n) is 5.12. The zero-order chi connectivity index (χ0) is 16.2. The van der Waals surface area contributed by atoms with Crippen molar-refractivity contribution in [3.63, 3.8) is 0 Å². The van der Waals surface area contributed by atoms with E-state index in [9.17, 15) is 4.79 Å². The quantitative estimate of drug-likeness (QED) is 0.871. The van der Waals surface area contributed by atoms with E-state index in [1.165, 1.54) is 5.82 Å². The van der Waals surface area contributed by atoms with Crippen LogP contribution in [0.5, 0.6) is 0 Å². The summed E-state index contributed by atoms with van der Waals surface area (Å²) in [6, 6.07) is 0. The minimum absolute atomic E-state index is 0.202. The lowest BCUT2D eigenvalue weighted by Gasteiger charge is -2.33. The summed E-state index contributed by atoms with van der Waals surface area (Å²) in [5.41, 5.74) is 0. The largest absolute Gasteiger partial charge is 0.342 e. The molecule has 23 heavy (non-hydrogen) atoms. The van der Waals surface area contributed by atoms with Crippen molar-refractivity contribution in [3.8, 4) is 0 Å². The third-order valence-corrected chi connectivity index (χ3v) is 5.12. The molecule has 1 aromatic rings. The van der Waals surface area contributed by atoms with Crippen LogP contribution in [0.3, 0.4) is 0 Å². The summed E-state index contributed by atoms with van der Waals surface area (Å²) in [6.07, 6.45) is 7.05. The van der Waals surface area contributed by atoms with E-state index >= 15 is 0 Å². The Morgan fingerprint density at radius 3 is 2.78 bits per heavy atom. The molecule has 6 heteroatoms. The molecule has 2 fully saturated rings. The molecular weight excluding hydrogens is 290 g/mol. The fourth-order valence-corrected chi connectivity index (χ4v) is 3.66. The van der Waals surface area contributed by atoms with Gasteiger partial charge in [-0.2, -0.15) is 0 Å². The number of likely N-dealkylation sites (tertiary alicyclic amines) is 1. The van der Waals surface area contributed by atoms with E-state index in [0.29, 0.717) is 11.8 Å². The maximum absolute atomic E-state index is 12.5. The molecule has 1 amide bonds. The normalized spacial score (nSPS) is 22.9. The van der Waals surface area contributed by atoms with Gasteiger partial charge >= 0.3 is 0 Å². The number of carbonyl (C=O) groups is 1. The van der Waals surface area contributed by atoms with Gasteiger partial charge in [-0.3, -0.25) is 4.79 Å². The SMILES string of the molecule is CN(C)CCn1ccnc1C1CCN(C(=O)C2CCNC2)CC1. The number of piperidine rings is 1. The molecular formula is C17H29N5O. The highest BCUT2D eigenvalue weighted by atomic mass is 16.2. The van der Waals surface area contributed by atoms with Crippen LogP contribution in [0, 0.1) is 5.92 Å². The average molecular weight is 319 g/mol. The van der Waals surface area contributed by atoms with Crippen LogP contribution in [0.2, 0.25) is 0 Å². The predicted molar refractivity (Wildman–Crippen MR) is 90.3 cm³/mol. The Kier molecular flexibility index (Phi) is 5.33. The first kappa shape index (κ1) is 16.5. The molecule has 1 aromatic heterocycles. The number of imidazole rings is 1. The summed E-state index contributed by atoms with van der Waals surface area (Å²) < 4.78 is 2.28. The molecule has 0 radical (unpaired) electrons. The molecule has 2 saturated heterocycles. The zero-order valence-corrected chi connectivity index (χ0v) is 14.4. The van der Waals surface area contributed by atoms with E-state index in [4.69, 9.17) is 0 Å². The van der Waals surface area contributed by atoms with E-state index in [-0.39, 0.29) is 5.92 Å². The first-order valence-electron chi connectivity index (χ1n) is 8.80. The number of likely N-dealkylation sites (N-methyl/N-ethyl adjacent to an activating group) is 1. The minimum Gasteiger partial charge on any atom is -0.342 e. The van der Waals surface area contributed by atoms with Gasteiger partial charge in [0.2, 0.25) is 5.91 Å². The molecule has 1 unspecified atom stereocenters. The van der Waals surface area contributed by atoms with Crippen molar-refractivity contribution < 1.29 is 4.79 Å². The molecule has 1 atom stereocenters. The molecule has 2 aliphatic rings. The standard InChI is InChI=1S/C17H29N5O/c1-20(2)11-12-21-10-7-19-16(21)14-4-8-22(9-5-14)17(23)15-3-6-18-13-15/h7,10,14-15,18H,3-6,8-9,11-13H2,1-2H3. The van der Waals surface area contributed by atoms with Crippen molar-refractivity contribution in [2.75, 3.05) is 46.8 Å². The molecule has 0 bridgehead atoms. The smallest absolute Gasteiger partial charge is 0.227 e. The molecule has 6 nitrogen and oxygen atoms in total. The molecule has 3 heterocycles. The van der Waals surface area contributed by atoms with Crippen molar-refractivity contribution in [1.29, 1.82) is 0 Å². The van der Waals surface area contributed by atoms with Crippen molar-refractivity contribution in [2.24, 2.45) is 5.92 Å². The number of nitrogens with zero attached hydrogens (tertiary/aromatic N) is 4. The van der Waals surface area contributed by atoms with E-state index in [0.717, 1.165) is 58.5 Å². The summed E-state index contributed by atoms with van der Waals surface area (Å²) in [5.74, 6) is 2.23. The zero-order valence-electron chi connectivity index (χ0n) is 14.4. The molecule has 0 spiro atoms. The van der Waals surface area contributed by atoms with E-state index < -0.39 is 0 Å². The van der Waals surface area contributed by atoms with E-state index in [1.54, 1.807) is 0 Å². The number of rotatable bonds is 5.